The lowest BCUT2D eigenvalue weighted by molar-refractivity contribution is -0.137. The molecule has 26 heavy (non-hydrogen) atoms. The molecule has 0 aliphatic carbocycles. The van der Waals surface area contributed by atoms with Crippen molar-refractivity contribution in [3.8, 4) is 11.3 Å². The Morgan fingerprint density at radius 1 is 1.31 bits per heavy atom. The number of carboxylic acid groups (broad SMARTS) is 1. The van der Waals surface area contributed by atoms with Crippen molar-refractivity contribution in [2.45, 2.75) is 39.8 Å². The summed E-state index contributed by atoms with van der Waals surface area (Å²) in [6, 6.07) is 12.5. The van der Waals surface area contributed by atoms with Crippen LogP contribution in [0.15, 0.2) is 41.8 Å². The van der Waals surface area contributed by atoms with E-state index >= 15 is 0 Å². The van der Waals surface area contributed by atoms with Crippen LogP contribution in [-0.4, -0.2) is 20.6 Å². The number of rotatable bonds is 7. The highest BCUT2D eigenvalue weighted by atomic mass is 32.1. The molecule has 0 aliphatic rings. The van der Waals surface area contributed by atoms with Crippen LogP contribution in [0.4, 0.5) is 5.13 Å². The Labute approximate surface area is 157 Å². The number of nitrogens with one attached hydrogen (secondary N) is 1. The van der Waals surface area contributed by atoms with E-state index in [1.165, 1.54) is 5.56 Å². The van der Waals surface area contributed by atoms with Crippen molar-refractivity contribution >= 4 is 22.4 Å². The Morgan fingerprint density at radius 3 is 2.73 bits per heavy atom. The molecule has 2 N–H and O–H groups in total. The van der Waals surface area contributed by atoms with Crippen LogP contribution >= 0.6 is 11.3 Å². The van der Waals surface area contributed by atoms with Gasteiger partial charge in [-0.25, -0.2) is 4.98 Å². The van der Waals surface area contributed by atoms with Crippen molar-refractivity contribution in [3.05, 3.63) is 58.7 Å². The monoisotopic (exact) mass is 369 g/mol. The van der Waals surface area contributed by atoms with Crippen LogP contribution in [0, 0.1) is 13.8 Å². The van der Waals surface area contributed by atoms with Gasteiger partial charge in [-0.15, -0.1) is 11.3 Å². The van der Waals surface area contributed by atoms with Crippen LogP contribution in [0.25, 0.3) is 11.3 Å². The van der Waals surface area contributed by atoms with E-state index in [9.17, 15) is 4.79 Å². The summed E-state index contributed by atoms with van der Waals surface area (Å²) in [6.07, 6.45) is 0.119. The van der Waals surface area contributed by atoms with Gasteiger partial charge in [0.2, 0.25) is 0 Å². The molecule has 6 heteroatoms. The Bertz CT molecular complexity index is 899. The number of aromatic nitrogens is 2. The SMILES string of the molecule is Cc1cc(-c2csc(N[C@@H](C)c3ccccc3)n2)c(C)n1CCC(=O)O. The maximum absolute atomic E-state index is 10.9. The number of aryl methyl sites for hydroxylation is 1. The van der Waals surface area contributed by atoms with E-state index in [4.69, 9.17) is 10.1 Å². The molecule has 0 bridgehead atoms. The zero-order valence-electron chi connectivity index (χ0n) is 15.2. The standard InChI is InChI=1S/C20H23N3O2S/c1-13-11-17(15(3)23(13)10-9-19(24)25)18-12-26-20(22-18)21-14(2)16-7-5-4-6-8-16/h4-8,11-12,14H,9-10H2,1-3H3,(H,21,22)(H,24,25)/t14-/m0/s1. The van der Waals surface area contributed by atoms with Crippen molar-refractivity contribution in [2.24, 2.45) is 0 Å². The van der Waals surface area contributed by atoms with Crippen molar-refractivity contribution in [1.29, 1.82) is 0 Å². The quantitative estimate of drug-likeness (QED) is 0.623. The molecule has 0 spiro atoms. The smallest absolute Gasteiger partial charge is 0.305 e. The number of anilines is 1. The first-order valence-electron chi connectivity index (χ1n) is 8.61. The lowest BCUT2D eigenvalue weighted by atomic mass is 10.1. The molecule has 2 aromatic heterocycles. The number of nitrogens with zero attached hydrogens (tertiary/aromatic N) is 2. The average molecular weight is 369 g/mol. The fourth-order valence-corrected chi connectivity index (χ4v) is 3.88. The molecule has 0 fully saturated rings. The van der Waals surface area contributed by atoms with Gasteiger partial charge in [0, 0.05) is 28.9 Å². The maximum atomic E-state index is 10.9. The molecule has 136 valence electrons. The molecule has 0 aliphatic heterocycles. The van der Waals surface area contributed by atoms with E-state index in [0.29, 0.717) is 6.54 Å². The minimum atomic E-state index is -0.783. The lowest BCUT2D eigenvalue weighted by Gasteiger charge is -2.12. The van der Waals surface area contributed by atoms with E-state index in [0.717, 1.165) is 27.8 Å². The number of aliphatic carboxylic acids is 1. The highest BCUT2D eigenvalue weighted by Gasteiger charge is 2.15. The summed E-state index contributed by atoms with van der Waals surface area (Å²) < 4.78 is 2.04. The van der Waals surface area contributed by atoms with Gasteiger partial charge in [-0.2, -0.15) is 0 Å². The van der Waals surface area contributed by atoms with Gasteiger partial charge in [0.1, 0.15) is 0 Å². The van der Waals surface area contributed by atoms with E-state index in [1.54, 1.807) is 11.3 Å². The Kier molecular flexibility index (Phi) is 5.42. The van der Waals surface area contributed by atoms with Gasteiger partial charge >= 0.3 is 5.97 Å². The molecule has 3 aromatic rings. The number of hydrogen-bond donors (Lipinski definition) is 2. The first-order chi connectivity index (χ1) is 12.5. The molecule has 1 atom stereocenters. The number of carboxylic acids is 1. The van der Waals surface area contributed by atoms with Crippen LogP contribution in [0.5, 0.6) is 0 Å². The van der Waals surface area contributed by atoms with Crippen molar-refractivity contribution in [3.63, 3.8) is 0 Å². The third-order valence-electron chi connectivity index (χ3n) is 4.54. The number of thiazole rings is 1. The minimum Gasteiger partial charge on any atom is -0.481 e. The number of hydrogen-bond acceptors (Lipinski definition) is 4. The summed E-state index contributed by atoms with van der Waals surface area (Å²) in [6.45, 7) is 6.62. The largest absolute Gasteiger partial charge is 0.481 e. The van der Waals surface area contributed by atoms with Crippen LogP contribution in [0.2, 0.25) is 0 Å². The van der Waals surface area contributed by atoms with E-state index in [2.05, 4.69) is 30.4 Å². The predicted octanol–water partition coefficient (Wildman–Crippen LogP) is 4.88. The van der Waals surface area contributed by atoms with Gasteiger partial charge in [0.05, 0.1) is 18.2 Å². The van der Waals surface area contributed by atoms with Gasteiger partial charge in [-0.05, 0) is 32.4 Å². The second-order valence-corrected chi connectivity index (χ2v) is 7.25. The minimum absolute atomic E-state index is 0.119. The fraction of sp³-hybridized carbons (Fsp3) is 0.300. The zero-order valence-corrected chi connectivity index (χ0v) is 16.0. The molecule has 0 saturated carbocycles. The first kappa shape index (κ1) is 18.2. The second-order valence-electron chi connectivity index (χ2n) is 6.39. The maximum Gasteiger partial charge on any atom is 0.305 e. The molecule has 5 nitrogen and oxygen atoms in total. The molecule has 0 radical (unpaired) electrons. The van der Waals surface area contributed by atoms with E-state index in [1.807, 2.05) is 42.0 Å². The molecule has 3 rings (SSSR count). The van der Waals surface area contributed by atoms with E-state index in [-0.39, 0.29) is 12.5 Å². The third kappa shape index (κ3) is 3.96. The van der Waals surface area contributed by atoms with Crippen LogP contribution in [0.1, 0.15) is 36.3 Å². The number of benzene rings is 1. The summed E-state index contributed by atoms with van der Waals surface area (Å²) in [5, 5.41) is 15.3. The highest BCUT2D eigenvalue weighted by Crippen LogP contribution is 2.31. The Balaban J connectivity index is 1.77. The van der Waals surface area contributed by atoms with Crippen molar-refractivity contribution in [1.82, 2.24) is 9.55 Å². The molecular weight excluding hydrogens is 346 g/mol. The molecule has 0 unspecified atom stereocenters. The summed E-state index contributed by atoms with van der Waals surface area (Å²) in [5.74, 6) is -0.783. The van der Waals surface area contributed by atoms with Crippen LogP contribution in [-0.2, 0) is 11.3 Å². The third-order valence-corrected chi connectivity index (χ3v) is 5.32. The Hall–Kier alpha value is -2.60. The summed E-state index contributed by atoms with van der Waals surface area (Å²) in [4.78, 5) is 15.6. The van der Waals surface area contributed by atoms with Crippen LogP contribution < -0.4 is 5.32 Å². The van der Waals surface area contributed by atoms with Crippen molar-refractivity contribution in [2.75, 3.05) is 5.32 Å². The summed E-state index contributed by atoms with van der Waals surface area (Å²) in [7, 11) is 0. The van der Waals surface area contributed by atoms with Crippen molar-refractivity contribution < 1.29 is 9.90 Å². The molecule has 2 heterocycles. The molecule has 0 saturated heterocycles. The van der Waals surface area contributed by atoms with Gasteiger partial charge in [0.15, 0.2) is 5.13 Å². The zero-order chi connectivity index (χ0) is 18.7. The van der Waals surface area contributed by atoms with Gasteiger partial charge < -0.3 is 15.0 Å². The molecular formula is C20H23N3O2S. The van der Waals surface area contributed by atoms with E-state index < -0.39 is 5.97 Å². The second kappa shape index (κ2) is 7.74. The normalized spacial score (nSPS) is 12.1. The van der Waals surface area contributed by atoms with Gasteiger partial charge in [-0.1, -0.05) is 30.3 Å². The van der Waals surface area contributed by atoms with Gasteiger partial charge in [0.25, 0.3) is 0 Å². The Morgan fingerprint density at radius 2 is 2.04 bits per heavy atom. The first-order valence-corrected chi connectivity index (χ1v) is 9.49. The molecule has 1 aromatic carbocycles. The van der Waals surface area contributed by atoms with Crippen LogP contribution in [0.3, 0.4) is 0 Å². The summed E-state index contributed by atoms with van der Waals surface area (Å²) in [5.41, 5.74) is 5.31. The predicted molar refractivity (Wildman–Crippen MR) is 106 cm³/mol. The topological polar surface area (TPSA) is 67.2 Å². The molecule has 0 amide bonds. The fourth-order valence-electron chi connectivity index (χ4n) is 3.09. The lowest BCUT2D eigenvalue weighted by Crippen LogP contribution is -2.07. The summed E-state index contributed by atoms with van der Waals surface area (Å²) >= 11 is 1.58. The van der Waals surface area contributed by atoms with Gasteiger partial charge in [-0.3, -0.25) is 4.79 Å². The number of carbonyl (C=O) groups is 1. The highest BCUT2D eigenvalue weighted by molar-refractivity contribution is 7.14. The average Bonchev–Trinajstić information content (AvgIpc) is 3.18.